The van der Waals surface area contributed by atoms with Gasteiger partial charge in [-0.05, 0) is 6.42 Å². The van der Waals surface area contributed by atoms with E-state index in [2.05, 4.69) is 22.0 Å². The number of anilines is 1. The second-order valence-corrected chi connectivity index (χ2v) is 3.84. The highest BCUT2D eigenvalue weighted by Crippen LogP contribution is 2.13. The van der Waals surface area contributed by atoms with Crippen LogP contribution in [0.25, 0.3) is 0 Å². The summed E-state index contributed by atoms with van der Waals surface area (Å²) in [5, 5.41) is 11.6. The van der Waals surface area contributed by atoms with Gasteiger partial charge in [-0.25, -0.2) is 9.97 Å². The van der Waals surface area contributed by atoms with Crippen molar-refractivity contribution in [3.05, 3.63) is 18.1 Å². The van der Waals surface area contributed by atoms with Crippen molar-refractivity contribution in [1.82, 2.24) is 9.97 Å². The van der Waals surface area contributed by atoms with Gasteiger partial charge in [0.1, 0.15) is 0 Å². The zero-order chi connectivity index (χ0) is 12.7. The fourth-order valence-electron chi connectivity index (χ4n) is 1.54. The van der Waals surface area contributed by atoms with E-state index in [1.807, 2.05) is 11.9 Å². The van der Waals surface area contributed by atoms with Crippen LogP contribution >= 0.6 is 0 Å². The van der Waals surface area contributed by atoms with Crippen LogP contribution in [0.5, 0.6) is 0 Å². The van der Waals surface area contributed by atoms with E-state index in [1.165, 1.54) is 19.0 Å². The smallest absolute Gasteiger partial charge is 0.192 e. The standard InChI is InChI=1S/C11H19N5O/c1-3-4-5-8-16(2)11-9(10(12)15-17)13-6-7-14-11/h6-7,17H,3-5,8H2,1-2H3,(H2,12,15). The third-order valence-corrected chi connectivity index (χ3v) is 2.49. The Morgan fingerprint density at radius 3 is 2.76 bits per heavy atom. The molecule has 0 spiro atoms. The molecule has 1 rings (SSSR count). The topological polar surface area (TPSA) is 87.6 Å². The van der Waals surface area contributed by atoms with Gasteiger partial charge in [-0.2, -0.15) is 0 Å². The molecule has 1 heterocycles. The third-order valence-electron chi connectivity index (χ3n) is 2.49. The normalized spacial score (nSPS) is 11.5. The fraction of sp³-hybridized carbons (Fsp3) is 0.545. The minimum Gasteiger partial charge on any atom is -0.409 e. The Hall–Kier alpha value is -1.85. The van der Waals surface area contributed by atoms with Crippen LogP contribution in [-0.4, -0.2) is 34.6 Å². The lowest BCUT2D eigenvalue weighted by Crippen LogP contribution is -2.26. The van der Waals surface area contributed by atoms with Gasteiger partial charge in [0.2, 0.25) is 0 Å². The van der Waals surface area contributed by atoms with Crippen LogP contribution in [0, 0.1) is 0 Å². The van der Waals surface area contributed by atoms with Crippen molar-refractivity contribution in [2.75, 3.05) is 18.5 Å². The van der Waals surface area contributed by atoms with Crippen LogP contribution in [0.15, 0.2) is 17.5 Å². The number of nitrogens with zero attached hydrogens (tertiary/aromatic N) is 4. The van der Waals surface area contributed by atoms with Gasteiger partial charge in [0.05, 0.1) is 0 Å². The van der Waals surface area contributed by atoms with E-state index in [4.69, 9.17) is 10.9 Å². The third kappa shape index (κ3) is 3.58. The number of nitrogens with two attached hydrogens (primary N) is 1. The quantitative estimate of drug-likeness (QED) is 0.255. The van der Waals surface area contributed by atoms with Crippen molar-refractivity contribution >= 4 is 11.7 Å². The van der Waals surface area contributed by atoms with Crippen molar-refractivity contribution < 1.29 is 5.21 Å². The Morgan fingerprint density at radius 2 is 2.12 bits per heavy atom. The molecule has 0 aromatic carbocycles. The Balaban J connectivity index is 2.82. The van der Waals surface area contributed by atoms with E-state index >= 15 is 0 Å². The first-order valence-corrected chi connectivity index (χ1v) is 5.70. The minimum atomic E-state index is -0.0181. The van der Waals surface area contributed by atoms with E-state index in [1.54, 1.807) is 6.20 Å². The highest BCUT2D eigenvalue weighted by Gasteiger charge is 2.13. The van der Waals surface area contributed by atoms with Gasteiger partial charge in [-0.15, -0.1) is 0 Å². The molecular weight excluding hydrogens is 218 g/mol. The molecule has 6 nitrogen and oxygen atoms in total. The number of unbranched alkanes of at least 4 members (excludes halogenated alkanes) is 2. The molecule has 0 radical (unpaired) electrons. The van der Waals surface area contributed by atoms with E-state index in [9.17, 15) is 0 Å². The number of hydrogen-bond donors (Lipinski definition) is 2. The van der Waals surface area contributed by atoms with E-state index in [0.29, 0.717) is 11.5 Å². The second-order valence-electron chi connectivity index (χ2n) is 3.84. The number of hydrogen-bond acceptors (Lipinski definition) is 5. The van der Waals surface area contributed by atoms with Gasteiger partial charge >= 0.3 is 0 Å². The molecule has 17 heavy (non-hydrogen) atoms. The van der Waals surface area contributed by atoms with Gasteiger partial charge < -0.3 is 15.8 Å². The molecule has 0 aliphatic rings. The fourth-order valence-corrected chi connectivity index (χ4v) is 1.54. The summed E-state index contributed by atoms with van der Waals surface area (Å²) in [7, 11) is 1.92. The molecule has 0 atom stereocenters. The van der Waals surface area contributed by atoms with E-state index < -0.39 is 0 Å². The molecule has 0 saturated carbocycles. The lowest BCUT2D eigenvalue weighted by atomic mass is 10.2. The van der Waals surface area contributed by atoms with Crippen molar-refractivity contribution in [3.63, 3.8) is 0 Å². The lowest BCUT2D eigenvalue weighted by Gasteiger charge is -2.19. The molecule has 3 N–H and O–H groups in total. The number of oxime groups is 1. The maximum Gasteiger partial charge on any atom is 0.192 e. The Bertz CT molecular complexity index is 380. The molecule has 0 aliphatic carbocycles. The SMILES string of the molecule is CCCCCN(C)c1nccnc1/C(N)=N/O. The van der Waals surface area contributed by atoms with E-state index in [0.717, 1.165) is 13.0 Å². The summed E-state index contributed by atoms with van der Waals surface area (Å²) in [4.78, 5) is 10.3. The molecule has 1 aromatic rings. The van der Waals surface area contributed by atoms with Crippen LogP contribution in [0.1, 0.15) is 31.9 Å². The molecular formula is C11H19N5O. The van der Waals surface area contributed by atoms with Crippen LogP contribution in [0.3, 0.4) is 0 Å². The monoisotopic (exact) mass is 237 g/mol. The maximum absolute atomic E-state index is 8.69. The average Bonchev–Trinajstić information content (AvgIpc) is 2.38. The molecule has 94 valence electrons. The largest absolute Gasteiger partial charge is 0.409 e. The first kappa shape index (κ1) is 13.2. The molecule has 0 fully saturated rings. The predicted octanol–water partition coefficient (Wildman–Crippen LogP) is 1.20. The Kier molecular flexibility index (Phi) is 5.19. The van der Waals surface area contributed by atoms with Gasteiger partial charge in [-0.3, -0.25) is 0 Å². The number of amidine groups is 1. The van der Waals surface area contributed by atoms with Gasteiger partial charge in [0.25, 0.3) is 0 Å². The summed E-state index contributed by atoms with van der Waals surface area (Å²) in [6.07, 6.45) is 6.54. The predicted molar refractivity (Wildman–Crippen MR) is 67.3 cm³/mol. The molecule has 0 bridgehead atoms. The van der Waals surface area contributed by atoms with Crippen LogP contribution in [0.2, 0.25) is 0 Å². The minimum absolute atomic E-state index is 0.0181. The molecule has 6 heteroatoms. The van der Waals surface area contributed by atoms with Crippen LogP contribution in [-0.2, 0) is 0 Å². The summed E-state index contributed by atoms with van der Waals surface area (Å²) in [5.74, 6) is 0.620. The molecule has 0 saturated heterocycles. The van der Waals surface area contributed by atoms with Gasteiger partial charge in [0.15, 0.2) is 17.3 Å². The van der Waals surface area contributed by atoms with Gasteiger partial charge in [0, 0.05) is 26.0 Å². The number of aromatic nitrogens is 2. The lowest BCUT2D eigenvalue weighted by molar-refractivity contribution is 0.318. The Labute approximate surface area is 101 Å². The van der Waals surface area contributed by atoms with Crippen LogP contribution < -0.4 is 10.6 Å². The van der Waals surface area contributed by atoms with Crippen molar-refractivity contribution in [1.29, 1.82) is 0 Å². The second kappa shape index (κ2) is 6.67. The first-order chi connectivity index (χ1) is 8.20. The van der Waals surface area contributed by atoms with Crippen molar-refractivity contribution in [2.45, 2.75) is 26.2 Å². The van der Waals surface area contributed by atoms with Crippen LogP contribution in [0.4, 0.5) is 5.82 Å². The number of rotatable bonds is 6. The summed E-state index contributed by atoms with van der Waals surface area (Å²) >= 11 is 0. The average molecular weight is 237 g/mol. The summed E-state index contributed by atoms with van der Waals surface area (Å²) in [5.41, 5.74) is 5.97. The van der Waals surface area contributed by atoms with Gasteiger partial charge in [-0.1, -0.05) is 24.9 Å². The maximum atomic E-state index is 8.69. The summed E-state index contributed by atoms with van der Waals surface area (Å²) in [6, 6.07) is 0. The zero-order valence-corrected chi connectivity index (χ0v) is 10.3. The highest BCUT2D eigenvalue weighted by atomic mass is 16.4. The Morgan fingerprint density at radius 1 is 1.41 bits per heavy atom. The zero-order valence-electron chi connectivity index (χ0n) is 10.3. The van der Waals surface area contributed by atoms with Crippen molar-refractivity contribution in [2.24, 2.45) is 10.9 Å². The molecule has 0 unspecified atom stereocenters. The summed E-state index contributed by atoms with van der Waals surface area (Å²) < 4.78 is 0. The van der Waals surface area contributed by atoms with E-state index in [-0.39, 0.29) is 5.84 Å². The van der Waals surface area contributed by atoms with Crippen molar-refractivity contribution in [3.8, 4) is 0 Å². The molecule has 0 amide bonds. The molecule has 0 aliphatic heterocycles. The molecule has 1 aromatic heterocycles. The highest BCUT2D eigenvalue weighted by molar-refractivity contribution is 5.99. The summed E-state index contributed by atoms with van der Waals surface area (Å²) in [6.45, 7) is 3.03. The first-order valence-electron chi connectivity index (χ1n) is 5.70.